The number of fused-ring (bicyclic) bond motifs is 1. The maximum Gasteiger partial charge on any atom is 0.225 e. The Morgan fingerprint density at radius 3 is 2.96 bits per heavy atom. The number of pyridine rings is 1. The molecule has 132 valence electrons. The number of ether oxygens (including phenoxy) is 1. The number of anilines is 2. The van der Waals surface area contributed by atoms with Crippen LogP contribution in [-0.4, -0.2) is 38.5 Å². The van der Waals surface area contributed by atoms with Crippen molar-refractivity contribution in [3.05, 3.63) is 35.4 Å². The fraction of sp³-hybridized carbons (Fsp3) is 0.471. The number of hydrogen-bond donors (Lipinski definition) is 2. The van der Waals surface area contributed by atoms with Crippen molar-refractivity contribution in [2.75, 3.05) is 24.6 Å². The van der Waals surface area contributed by atoms with Crippen LogP contribution in [-0.2, 0) is 13.0 Å². The number of hydrogen-bond acceptors (Lipinski definition) is 7. The standard InChI is InChI=1S/C17H21FN6O/c18-12-3-1-6-21-13(12)10-24-7-2-4-17(5-8-24)9-11-14(19)22-16(20)23-15(11)25-17/h1,3,6H,2,4-5,7-10H2,(H4,19,20,22,23). The van der Waals surface area contributed by atoms with Crippen LogP contribution >= 0.6 is 0 Å². The van der Waals surface area contributed by atoms with E-state index in [2.05, 4.69) is 19.9 Å². The van der Waals surface area contributed by atoms with Crippen LogP contribution in [0.25, 0.3) is 0 Å². The number of halogens is 1. The molecule has 4 heterocycles. The lowest BCUT2D eigenvalue weighted by molar-refractivity contribution is 0.0727. The van der Waals surface area contributed by atoms with E-state index in [-0.39, 0.29) is 17.4 Å². The van der Waals surface area contributed by atoms with Gasteiger partial charge in [-0.3, -0.25) is 9.88 Å². The maximum absolute atomic E-state index is 13.8. The molecule has 1 spiro atoms. The van der Waals surface area contributed by atoms with Gasteiger partial charge in [0, 0.05) is 32.1 Å². The molecular formula is C17H21FN6O. The molecule has 0 aromatic carbocycles. The Bertz CT molecular complexity index is 801. The molecule has 1 unspecified atom stereocenters. The molecule has 1 fully saturated rings. The molecule has 2 aliphatic heterocycles. The van der Waals surface area contributed by atoms with Crippen LogP contribution in [0.4, 0.5) is 16.2 Å². The molecule has 2 aromatic rings. The number of likely N-dealkylation sites (tertiary alicyclic amines) is 1. The van der Waals surface area contributed by atoms with E-state index in [0.717, 1.165) is 37.9 Å². The summed E-state index contributed by atoms with van der Waals surface area (Å²) in [6, 6.07) is 3.06. The van der Waals surface area contributed by atoms with Gasteiger partial charge in [0.1, 0.15) is 17.2 Å². The van der Waals surface area contributed by atoms with Crippen LogP contribution in [0, 0.1) is 5.82 Å². The highest BCUT2D eigenvalue weighted by molar-refractivity contribution is 5.52. The first-order valence-electron chi connectivity index (χ1n) is 8.47. The van der Waals surface area contributed by atoms with Crippen molar-refractivity contribution < 1.29 is 9.13 Å². The zero-order valence-electron chi connectivity index (χ0n) is 13.9. The van der Waals surface area contributed by atoms with E-state index in [1.165, 1.54) is 6.07 Å². The Labute approximate surface area is 145 Å². The number of rotatable bonds is 2. The zero-order chi connectivity index (χ0) is 17.4. The van der Waals surface area contributed by atoms with Crippen LogP contribution in [0.15, 0.2) is 18.3 Å². The second-order valence-corrected chi connectivity index (χ2v) is 6.77. The molecule has 8 heteroatoms. The Morgan fingerprint density at radius 2 is 2.12 bits per heavy atom. The number of aromatic nitrogens is 3. The summed E-state index contributed by atoms with van der Waals surface area (Å²) in [7, 11) is 0. The first-order chi connectivity index (χ1) is 12.0. The average molecular weight is 344 g/mol. The highest BCUT2D eigenvalue weighted by Crippen LogP contribution is 2.42. The third-order valence-corrected chi connectivity index (χ3v) is 5.03. The quantitative estimate of drug-likeness (QED) is 0.851. The van der Waals surface area contributed by atoms with Gasteiger partial charge in [-0.15, -0.1) is 0 Å². The first kappa shape index (κ1) is 16.0. The topological polar surface area (TPSA) is 103 Å². The second kappa shape index (κ2) is 6.11. The Morgan fingerprint density at radius 1 is 1.24 bits per heavy atom. The largest absolute Gasteiger partial charge is 0.470 e. The molecular weight excluding hydrogens is 323 g/mol. The van der Waals surface area contributed by atoms with Gasteiger partial charge in [0.15, 0.2) is 0 Å². The summed E-state index contributed by atoms with van der Waals surface area (Å²) in [5.74, 6) is 0.781. The normalized spacial score (nSPS) is 23.2. The van der Waals surface area contributed by atoms with Gasteiger partial charge < -0.3 is 16.2 Å². The molecule has 2 aromatic heterocycles. The molecule has 0 saturated carbocycles. The minimum absolute atomic E-state index is 0.133. The van der Waals surface area contributed by atoms with E-state index >= 15 is 0 Å². The van der Waals surface area contributed by atoms with Gasteiger partial charge >= 0.3 is 0 Å². The minimum Gasteiger partial charge on any atom is -0.470 e. The lowest BCUT2D eigenvalue weighted by atomic mass is 9.90. The summed E-state index contributed by atoms with van der Waals surface area (Å²) in [6.07, 6.45) is 4.98. The molecule has 1 atom stereocenters. The van der Waals surface area contributed by atoms with E-state index < -0.39 is 0 Å². The van der Waals surface area contributed by atoms with Crippen molar-refractivity contribution in [2.45, 2.75) is 37.8 Å². The van der Waals surface area contributed by atoms with Crippen molar-refractivity contribution in [1.82, 2.24) is 19.9 Å². The molecule has 0 amide bonds. The third kappa shape index (κ3) is 3.09. The molecule has 0 radical (unpaired) electrons. The van der Waals surface area contributed by atoms with Crippen molar-refractivity contribution in [3.63, 3.8) is 0 Å². The van der Waals surface area contributed by atoms with Crippen molar-refractivity contribution in [3.8, 4) is 5.88 Å². The Hall–Kier alpha value is -2.48. The summed E-state index contributed by atoms with van der Waals surface area (Å²) in [4.78, 5) is 14.6. The molecule has 2 aliphatic rings. The van der Waals surface area contributed by atoms with E-state index in [0.29, 0.717) is 30.4 Å². The summed E-state index contributed by atoms with van der Waals surface area (Å²) >= 11 is 0. The van der Waals surface area contributed by atoms with Crippen molar-refractivity contribution in [1.29, 1.82) is 0 Å². The third-order valence-electron chi connectivity index (χ3n) is 5.03. The second-order valence-electron chi connectivity index (χ2n) is 6.77. The van der Waals surface area contributed by atoms with Gasteiger partial charge in [0.2, 0.25) is 11.8 Å². The van der Waals surface area contributed by atoms with Gasteiger partial charge in [-0.1, -0.05) is 0 Å². The van der Waals surface area contributed by atoms with Crippen LogP contribution in [0.2, 0.25) is 0 Å². The smallest absolute Gasteiger partial charge is 0.225 e. The van der Waals surface area contributed by atoms with Gasteiger partial charge in [-0.25, -0.2) is 4.39 Å². The van der Waals surface area contributed by atoms with Gasteiger partial charge in [0.25, 0.3) is 0 Å². The lowest BCUT2D eigenvalue weighted by Gasteiger charge is -2.27. The van der Waals surface area contributed by atoms with Gasteiger partial charge in [-0.2, -0.15) is 9.97 Å². The van der Waals surface area contributed by atoms with E-state index in [4.69, 9.17) is 16.2 Å². The molecule has 7 nitrogen and oxygen atoms in total. The fourth-order valence-electron chi connectivity index (χ4n) is 3.72. The summed E-state index contributed by atoms with van der Waals surface area (Å²) in [6.45, 7) is 2.18. The average Bonchev–Trinajstić information content (AvgIpc) is 2.82. The van der Waals surface area contributed by atoms with E-state index in [1.807, 2.05) is 0 Å². The molecule has 0 aliphatic carbocycles. The van der Waals surface area contributed by atoms with Crippen LogP contribution in [0.3, 0.4) is 0 Å². The van der Waals surface area contributed by atoms with Crippen molar-refractivity contribution >= 4 is 11.8 Å². The Kier molecular flexibility index (Phi) is 3.91. The highest BCUT2D eigenvalue weighted by atomic mass is 19.1. The minimum atomic E-state index is -0.323. The molecule has 4 N–H and O–H groups in total. The molecule has 1 saturated heterocycles. The summed E-state index contributed by atoms with van der Waals surface area (Å²) in [5.41, 5.74) is 12.7. The molecule has 0 bridgehead atoms. The number of nitrogen functional groups attached to an aromatic ring is 2. The van der Waals surface area contributed by atoms with E-state index in [1.54, 1.807) is 12.3 Å². The van der Waals surface area contributed by atoms with Crippen LogP contribution in [0.5, 0.6) is 5.88 Å². The van der Waals surface area contributed by atoms with Crippen LogP contribution < -0.4 is 16.2 Å². The zero-order valence-corrected chi connectivity index (χ0v) is 13.9. The Balaban J connectivity index is 1.47. The van der Waals surface area contributed by atoms with Crippen molar-refractivity contribution in [2.24, 2.45) is 0 Å². The monoisotopic (exact) mass is 344 g/mol. The van der Waals surface area contributed by atoms with Gasteiger partial charge in [0.05, 0.1) is 11.3 Å². The predicted octanol–water partition coefficient (Wildman–Crippen LogP) is 1.53. The fourth-order valence-corrected chi connectivity index (χ4v) is 3.72. The summed E-state index contributed by atoms with van der Waals surface area (Å²) < 4.78 is 20.0. The highest BCUT2D eigenvalue weighted by Gasteiger charge is 2.42. The summed E-state index contributed by atoms with van der Waals surface area (Å²) in [5, 5.41) is 0. The lowest BCUT2D eigenvalue weighted by Crippen LogP contribution is -2.36. The SMILES string of the molecule is Nc1nc(N)c2c(n1)OC1(CCCN(Cc3ncccc3F)CC1)C2. The van der Waals surface area contributed by atoms with Crippen LogP contribution in [0.1, 0.15) is 30.5 Å². The molecule has 4 rings (SSSR count). The molecule has 25 heavy (non-hydrogen) atoms. The predicted molar refractivity (Wildman–Crippen MR) is 91.2 cm³/mol. The number of nitrogens with zero attached hydrogens (tertiary/aromatic N) is 4. The first-order valence-corrected chi connectivity index (χ1v) is 8.47. The number of nitrogens with two attached hydrogens (primary N) is 2. The maximum atomic E-state index is 13.8. The van der Waals surface area contributed by atoms with E-state index in [9.17, 15) is 4.39 Å². The van der Waals surface area contributed by atoms with Gasteiger partial charge in [-0.05, 0) is 31.5 Å².